The highest BCUT2D eigenvalue weighted by molar-refractivity contribution is 7.98. The van der Waals surface area contributed by atoms with Gasteiger partial charge in [-0.2, -0.15) is 0 Å². The number of hydrogen-bond acceptors (Lipinski definition) is 4. The lowest BCUT2D eigenvalue weighted by molar-refractivity contribution is -0.152. The number of nitrogens with zero attached hydrogens (tertiary/aromatic N) is 1. The van der Waals surface area contributed by atoms with Crippen LogP contribution in [0.4, 0.5) is 10.5 Å². The molecule has 4 amide bonds. The van der Waals surface area contributed by atoms with Crippen LogP contribution in [0.1, 0.15) is 51.4 Å². The van der Waals surface area contributed by atoms with Crippen molar-refractivity contribution in [2.75, 3.05) is 18.1 Å². The SMILES string of the molecule is CSc1cccc(NC(=O)N[C@H]2CCN3C(=O)[C@H](CC4CCCCC4)NC(=O)[C@@H]3C2)c1. The van der Waals surface area contributed by atoms with E-state index in [2.05, 4.69) is 16.0 Å². The first-order valence-electron chi connectivity index (χ1n) is 11.4. The Balaban J connectivity index is 1.31. The molecule has 2 heterocycles. The number of benzene rings is 1. The fourth-order valence-corrected chi connectivity index (χ4v) is 5.57. The van der Waals surface area contributed by atoms with Gasteiger partial charge >= 0.3 is 6.03 Å². The number of carbonyl (C=O) groups is 3. The maximum absolute atomic E-state index is 13.0. The van der Waals surface area contributed by atoms with Gasteiger partial charge in [-0.1, -0.05) is 38.2 Å². The summed E-state index contributed by atoms with van der Waals surface area (Å²) in [5, 5.41) is 8.82. The van der Waals surface area contributed by atoms with Crippen LogP contribution in [-0.2, 0) is 9.59 Å². The Morgan fingerprint density at radius 3 is 2.77 bits per heavy atom. The van der Waals surface area contributed by atoms with Crippen molar-refractivity contribution < 1.29 is 14.4 Å². The zero-order chi connectivity index (χ0) is 21.8. The topological polar surface area (TPSA) is 90.5 Å². The maximum Gasteiger partial charge on any atom is 0.319 e. The summed E-state index contributed by atoms with van der Waals surface area (Å²) in [6.07, 6.45) is 9.90. The summed E-state index contributed by atoms with van der Waals surface area (Å²) in [4.78, 5) is 41.1. The summed E-state index contributed by atoms with van der Waals surface area (Å²) in [7, 11) is 0. The molecule has 3 fully saturated rings. The molecule has 4 rings (SSSR count). The molecule has 0 radical (unpaired) electrons. The standard InChI is InChI=1S/C23H32N4O3S/c1-31-18-9-5-8-16(13-18)24-23(30)25-17-10-11-27-20(14-17)21(28)26-19(22(27)29)12-15-6-3-2-4-7-15/h5,8-9,13,15,17,19-20H,2-4,6-7,10-12,14H2,1H3,(H,26,28)(H2,24,25,30)/t17-,19-,20-/m0/s1. The van der Waals surface area contributed by atoms with Crippen LogP contribution < -0.4 is 16.0 Å². The minimum atomic E-state index is -0.492. The summed E-state index contributed by atoms with van der Waals surface area (Å²) >= 11 is 1.62. The first kappa shape index (κ1) is 22.0. The van der Waals surface area contributed by atoms with Gasteiger partial charge in [0.05, 0.1) is 0 Å². The van der Waals surface area contributed by atoms with E-state index < -0.39 is 6.04 Å². The third-order valence-corrected chi connectivity index (χ3v) is 7.48. The lowest BCUT2D eigenvalue weighted by Crippen LogP contribution is -2.67. The van der Waals surface area contributed by atoms with Crippen LogP contribution in [0.25, 0.3) is 0 Å². The quantitative estimate of drug-likeness (QED) is 0.608. The van der Waals surface area contributed by atoms with Crippen molar-refractivity contribution in [3.8, 4) is 0 Å². The van der Waals surface area contributed by atoms with Gasteiger partial charge in [0.1, 0.15) is 12.1 Å². The second kappa shape index (κ2) is 9.94. The second-order valence-corrected chi connectivity index (χ2v) is 9.78. The van der Waals surface area contributed by atoms with Crippen LogP contribution in [0, 0.1) is 5.92 Å². The lowest BCUT2D eigenvalue weighted by atomic mass is 9.83. The zero-order valence-corrected chi connectivity index (χ0v) is 18.9. The van der Waals surface area contributed by atoms with Crippen molar-refractivity contribution in [1.29, 1.82) is 0 Å². The molecule has 31 heavy (non-hydrogen) atoms. The van der Waals surface area contributed by atoms with Crippen LogP contribution in [0.3, 0.4) is 0 Å². The predicted molar refractivity (Wildman–Crippen MR) is 122 cm³/mol. The van der Waals surface area contributed by atoms with Crippen molar-refractivity contribution in [3.05, 3.63) is 24.3 Å². The van der Waals surface area contributed by atoms with Crippen molar-refractivity contribution in [2.45, 2.75) is 74.4 Å². The van der Waals surface area contributed by atoms with Gasteiger partial charge in [0.25, 0.3) is 0 Å². The maximum atomic E-state index is 13.0. The molecular formula is C23H32N4O3S. The highest BCUT2D eigenvalue weighted by Crippen LogP contribution is 2.30. The molecule has 2 saturated heterocycles. The monoisotopic (exact) mass is 444 g/mol. The molecule has 3 N–H and O–H groups in total. The summed E-state index contributed by atoms with van der Waals surface area (Å²) in [6, 6.07) is 6.37. The Morgan fingerprint density at radius 1 is 1.19 bits per heavy atom. The van der Waals surface area contributed by atoms with E-state index in [0.717, 1.165) is 29.8 Å². The average molecular weight is 445 g/mol. The van der Waals surface area contributed by atoms with Crippen LogP contribution in [-0.4, -0.2) is 53.7 Å². The smallest absolute Gasteiger partial charge is 0.319 e. The first-order chi connectivity index (χ1) is 15.0. The summed E-state index contributed by atoms with van der Waals surface area (Å²) in [5.74, 6) is 0.499. The van der Waals surface area contributed by atoms with E-state index in [0.29, 0.717) is 25.3 Å². The molecule has 1 aliphatic carbocycles. The van der Waals surface area contributed by atoms with E-state index in [1.165, 1.54) is 19.3 Å². The molecule has 8 heteroatoms. The normalized spacial score (nSPS) is 26.7. The molecule has 168 valence electrons. The summed E-state index contributed by atoms with van der Waals surface area (Å²) < 4.78 is 0. The van der Waals surface area contributed by atoms with E-state index in [1.54, 1.807) is 16.7 Å². The van der Waals surface area contributed by atoms with E-state index >= 15 is 0 Å². The fourth-order valence-electron chi connectivity index (χ4n) is 5.11. The molecule has 0 spiro atoms. The number of thioether (sulfide) groups is 1. The number of carbonyl (C=O) groups excluding carboxylic acids is 3. The van der Waals surface area contributed by atoms with Gasteiger partial charge in [0.15, 0.2) is 0 Å². The molecule has 3 aliphatic rings. The molecule has 1 saturated carbocycles. The number of hydrogen-bond donors (Lipinski definition) is 3. The van der Waals surface area contributed by atoms with Gasteiger partial charge in [-0.3, -0.25) is 9.59 Å². The molecule has 3 atom stereocenters. The minimum absolute atomic E-state index is 0.0481. The number of piperidine rings is 1. The molecular weight excluding hydrogens is 412 g/mol. The molecule has 7 nitrogen and oxygen atoms in total. The molecule has 0 aromatic heterocycles. The Morgan fingerprint density at radius 2 is 2.00 bits per heavy atom. The number of fused-ring (bicyclic) bond motifs is 1. The molecule has 1 aromatic rings. The van der Waals surface area contributed by atoms with Crippen LogP contribution in [0.5, 0.6) is 0 Å². The molecule has 0 unspecified atom stereocenters. The lowest BCUT2D eigenvalue weighted by Gasteiger charge is -2.44. The van der Waals surface area contributed by atoms with E-state index in [9.17, 15) is 14.4 Å². The number of urea groups is 1. The van der Waals surface area contributed by atoms with Gasteiger partial charge in [-0.25, -0.2) is 4.79 Å². The van der Waals surface area contributed by atoms with Crippen LogP contribution in [0.2, 0.25) is 0 Å². The highest BCUT2D eigenvalue weighted by Gasteiger charge is 2.44. The Kier molecular flexibility index (Phi) is 7.05. The van der Waals surface area contributed by atoms with Gasteiger partial charge in [0, 0.05) is 23.2 Å². The average Bonchev–Trinajstić information content (AvgIpc) is 2.78. The second-order valence-electron chi connectivity index (χ2n) is 8.90. The molecule has 1 aromatic carbocycles. The van der Waals surface area contributed by atoms with Crippen molar-refractivity contribution in [3.63, 3.8) is 0 Å². The summed E-state index contributed by atoms with van der Waals surface area (Å²) in [6.45, 7) is 0.505. The Hall–Kier alpha value is -2.22. The Bertz CT molecular complexity index is 827. The minimum Gasteiger partial charge on any atom is -0.342 e. The number of amides is 4. The van der Waals surface area contributed by atoms with Crippen LogP contribution in [0.15, 0.2) is 29.2 Å². The highest BCUT2D eigenvalue weighted by atomic mass is 32.2. The summed E-state index contributed by atoms with van der Waals surface area (Å²) in [5.41, 5.74) is 0.734. The van der Waals surface area contributed by atoms with Crippen molar-refractivity contribution in [2.24, 2.45) is 5.92 Å². The largest absolute Gasteiger partial charge is 0.342 e. The number of nitrogens with one attached hydrogen (secondary N) is 3. The van der Waals surface area contributed by atoms with Crippen molar-refractivity contribution in [1.82, 2.24) is 15.5 Å². The fraction of sp³-hybridized carbons (Fsp3) is 0.609. The number of anilines is 1. The molecule has 2 aliphatic heterocycles. The van der Waals surface area contributed by atoms with Crippen molar-refractivity contribution >= 4 is 35.3 Å². The van der Waals surface area contributed by atoms with Gasteiger partial charge < -0.3 is 20.9 Å². The van der Waals surface area contributed by atoms with E-state index in [4.69, 9.17) is 0 Å². The number of piperazine rings is 1. The van der Waals surface area contributed by atoms with Gasteiger partial charge in [-0.05, 0) is 49.6 Å². The van der Waals surface area contributed by atoms with E-state index in [1.807, 2.05) is 30.5 Å². The van der Waals surface area contributed by atoms with E-state index in [-0.39, 0.29) is 29.9 Å². The predicted octanol–water partition coefficient (Wildman–Crippen LogP) is 3.36. The van der Waals surface area contributed by atoms with Gasteiger partial charge in [0.2, 0.25) is 11.8 Å². The Labute approximate surface area is 188 Å². The van der Waals surface area contributed by atoms with Crippen LogP contribution >= 0.6 is 11.8 Å². The third kappa shape index (κ3) is 5.34. The third-order valence-electron chi connectivity index (χ3n) is 6.76. The first-order valence-corrected chi connectivity index (χ1v) is 12.6. The van der Waals surface area contributed by atoms with Gasteiger partial charge in [-0.15, -0.1) is 11.8 Å². The molecule has 0 bridgehead atoms. The zero-order valence-electron chi connectivity index (χ0n) is 18.1. The number of rotatable bonds is 5.